The van der Waals surface area contributed by atoms with Crippen LogP contribution in [0.3, 0.4) is 0 Å². The Morgan fingerprint density at radius 3 is 2.82 bits per heavy atom. The number of amidine groups is 1. The van der Waals surface area contributed by atoms with Crippen molar-refractivity contribution < 1.29 is 8.42 Å². The molecule has 0 saturated carbocycles. The van der Waals surface area contributed by atoms with Crippen molar-refractivity contribution in [1.29, 1.82) is 0 Å². The Kier molecular flexibility index (Phi) is 3.88. The molecule has 1 N–H and O–H groups in total. The van der Waals surface area contributed by atoms with Crippen LogP contribution in [0.2, 0.25) is 5.02 Å². The molecule has 0 spiro atoms. The molecule has 0 fully saturated rings. The summed E-state index contributed by atoms with van der Waals surface area (Å²) < 4.78 is 28.2. The van der Waals surface area contributed by atoms with Crippen molar-refractivity contribution in [3.8, 4) is 0 Å². The highest BCUT2D eigenvalue weighted by atomic mass is 35.5. The third-order valence-corrected chi connectivity index (χ3v) is 5.78. The predicted molar refractivity (Wildman–Crippen MR) is 88.1 cm³/mol. The monoisotopic (exact) mass is 340 g/mol. The zero-order chi connectivity index (χ0) is 15.9. The van der Waals surface area contributed by atoms with Crippen molar-refractivity contribution in [2.45, 2.75) is 11.4 Å². The first kappa shape index (κ1) is 15.3. The fourth-order valence-electron chi connectivity index (χ4n) is 2.51. The van der Waals surface area contributed by atoms with Gasteiger partial charge in [-0.15, -0.1) is 0 Å². The third-order valence-electron chi connectivity index (χ3n) is 3.64. The second kappa shape index (κ2) is 5.57. The summed E-state index contributed by atoms with van der Waals surface area (Å²) in [6.45, 7) is 2.07. The van der Waals surface area contributed by atoms with E-state index >= 15 is 0 Å². The van der Waals surface area contributed by atoms with Crippen LogP contribution in [0.5, 0.6) is 0 Å². The molecule has 6 nitrogen and oxygen atoms in total. The van der Waals surface area contributed by atoms with Gasteiger partial charge in [-0.2, -0.15) is 0 Å². The molecular weight excluding hydrogens is 324 g/mol. The van der Waals surface area contributed by atoms with Crippen LogP contribution >= 0.6 is 11.6 Å². The van der Waals surface area contributed by atoms with Gasteiger partial charge in [0.2, 0.25) is 10.0 Å². The van der Waals surface area contributed by atoms with Crippen LogP contribution in [-0.2, 0) is 16.6 Å². The number of aromatic nitrogens is 1. The highest BCUT2D eigenvalue weighted by Gasteiger charge is 2.25. The molecule has 3 rings (SSSR count). The van der Waals surface area contributed by atoms with Crippen molar-refractivity contribution in [3.05, 3.63) is 29.4 Å². The van der Waals surface area contributed by atoms with E-state index in [-0.39, 0.29) is 4.90 Å². The molecule has 1 aliphatic heterocycles. The van der Waals surface area contributed by atoms with E-state index < -0.39 is 10.0 Å². The minimum atomic E-state index is -3.57. The molecule has 0 unspecified atom stereocenters. The standard InChI is InChI=1S/C14H17ClN4O2S/c1-18(2)22(20,21)12-8-19(9-13-16-6-7-17-13)11-5-3-4-10(15)14(11)12/h3-5,8H,6-7,9H2,1-2H3,(H,16,17). The van der Waals surface area contributed by atoms with Crippen LogP contribution in [0.4, 0.5) is 0 Å². The van der Waals surface area contributed by atoms with E-state index in [2.05, 4.69) is 10.3 Å². The van der Waals surface area contributed by atoms with Gasteiger partial charge >= 0.3 is 0 Å². The molecule has 1 aromatic heterocycles. The van der Waals surface area contributed by atoms with Gasteiger partial charge in [-0.25, -0.2) is 12.7 Å². The number of hydrogen-bond acceptors (Lipinski definition) is 4. The predicted octanol–water partition coefficient (Wildman–Crippen LogP) is 1.55. The Balaban J connectivity index is 2.21. The summed E-state index contributed by atoms with van der Waals surface area (Å²) in [4.78, 5) is 4.58. The van der Waals surface area contributed by atoms with Gasteiger partial charge in [0.05, 0.1) is 23.6 Å². The average molecular weight is 341 g/mol. The second-order valence-electron chi connectivity index (χ2n) is 5.30. The van der Waals surface area contributed by atoms with Crippen LogP contribution in [0.1, 0.15) is 0 Å². The number of benzene rings is 1. The Morgan fingerprint density at radius 1 is 1.41 bits per heavy atom. The van der Waals surface area contributed by atoms with Crippen LogP contribution in [0, 0.1) is 0 Å². The van der Waals surface area contributed by atoms with Gasteiger partial charge in [-0.05, 0) is 12.1 Å². The molecule has 2 aromatic rings. The molecule has 0 radical (unpaired) electrons. The molecule has 0 atom stereocenters. The van der Waals surface area contributed by atoms with Crippen molar-refractivity contribution in [3.63, 3.8) is 0 Å². The van der Waals surface area contributed by atoms with Gasteiger partial charge in [0.1, 0.15) is 10.7 Å². The third kappa shape index (κ3) is 2.49. The number of rotatable bonds is 4. The summed E-state index contributed by atoms with van der Waals surface area (Å²) in [5.74, 6) is 0.852. The van der Waals surface area contributed by atoms with Crippen LogP contribution < -0.4 is 5.32 Å². The molecule has 0 saturated heterocycles. The molecule has 1 aromatic carbocycles. The summed E-state index contributed by atoms with van der Waals surface area (Å²) >= 11 is 6.26. The molecule has 0 aliphatic carbocycles. The maximum absolute atomic E-state index is 12.6. The summed E-state index contributed by atoms with van der Waals surface area (Å²) in [6, 6.07) is 5.39. The van der Waals surface area contributed by atoms with Gasteiger partial charge in [-0.1, -0.05) is 17.7 Å². The van der Waals surface area contributed by atoms with E-state index in [1.165, 1.54) is 18.4 Å². The largest absolute Gasteiger partial charge is 0.370 e. The smallest absolute Gasteiger partial charge is 0.244 e. The first-order valence-electron chi connectivity index (χ1n) is 6.88. The molecule has 1 aliphatic rings. The number of nitrogens with zero attached hydrogens (tertiary/aromatic N) is 3. The van der Waals surface area contributed by atoms with Crippen molar-refractivity contribution in [2.24, 2.45) is 4.99 Å². The minimum absolute atomic E-state index is 0.219. The first-order valence-corrected chi connectivity index (χ1v) is 8.70. The van der Waals surface area contributed by atoms with Gasteiger partial charge in [0, 0.05) is 32.2 Å². The van der Waals surface area contributed by atoms with Crippen LogP contribution in [0.25, 0.3) is 10.9 Å². The fraction of sp³-hybridized carbons (Fsp3) is 0.357. The first-order chi connectivity index (χ1) is 10.4. The molecule has 0 bridgehead atoms. The van der Waals surface area contributed by atoms with Crippen molar-refractivity contribution >= 4 is 38.4 Å². The molecular formula is C14H17ClN4O2S. The maximum atomic E-state index is 12.6. The maximum Gasteiger partial charge on any atom is 0.244 e. The number of sulfonamides is 1. The van der Waals surface area contributed by atoms with E-state index in [0.29, 0.717) is 17.0 Å². The van der Waals surface area contributed by atoms with Crippen molar-refractivity contribution in [1.82, 2.24) is 14.2 Å². The highest BCUT2D eigenvalue weighted by molar-refractivity contribution is 7.89. The summed E-state index contributed by atoms with van der Waals surface area (Å²) in [6.07, 6.45) is 1.63. The minimum Gasteiger partial charge on any atom is -0.370 e. The quantitative estimate of drug-likeness (QED) is 0.918. The topological polar surface area (TPSA) is 66.7 Å². The van der Waals surface area contributed by atoms with E-state index in [9.17, 15) is 8.42 Å². The summed E-state index contributed by atoms with van der Waals surface area (Å²) in [5, 5.41) is 4.17. The lowest BCUT2D eigenvalue weighted by atomic mass is 10.2. The number of fused-ring (bicyclic) bond motifs is 1. The fourth-order valence-corrected chi connectivity index (χ4v) is 3.96. The van der Waals surface area contributed by atoms with Gasteiger partial charge in [-0.3, -0.25) is 4.99 Å². The number of aliphatic imine (C=N–C) groups is 1. The normalized spacial score (nSPS) is 15.4. The van der Waals surface area contributed by atoms with E-state index in [1.54, 1.807) is 12.3 Å². The molecule has 118 valence electrons. The van der Waals surface area contributed by atoms with Gasteiger partial charge in [0.25, 0.3) is 0 Å². The zero-order valence-electron chi connectivity index (χ0n) is 12.4. The molecule has 8 heteroatoms. The van der Waals surface area contributed by atoms with Gasteiger partial charge in [0.15, 0.2) is 0 Å². The number of nitrogens with one attached hydrogen (secondary N) is 1. The van der Waals surface area contributed by atoms with Crippen LogP contribution in [-0.4, -0.2) is 50.3 Å². The second-order valence-corrected chi connectivity index (χ2v) is 7.83. The zero-order valence-corrected chi connectivity index (χ0v) is 13.9. The molecule has 22 heavy (non-hydrogen) atoms. The highest BCUT2D eigenvalue weighted by Crippen LogP contribution is 2.32. The number of hydrogen-bond donors (Lipinski definition) is 1. The Hall–Kier alpha value is -1.57. The molecule has 0 amide bonds. The van der Waals surface area contributed by atoms with Gasteiger partial charge < -0.3 is 9.88 Å². The molecule has 2 heterocycles. The van der Waals surface area contributed by atoms with E-state index in [4.69, 9.17) is 11.6 Å². The van der Waals surface area contributed by atoms with Crippen LogP contribution in [0.15, 0.2) is 34.3 Å². The summed E-state index contributed by atoms with van der Waals surface area (Å²) in [7, 11) is -0.547. The number of halogens is 1. The lowest BCUT2D eigenvalue weighted by Crippen LogP contribution is -2.23. The Morgan fingerprint density at radius 2 is 2.18 bits per heavy atom. The lowest BCUT2D eigenvalue weighted by molar-refractivity contribution is 0.521. The van der Waals surface area contributed by atoms with Crippen molar-refractivity contribution in [2.75, 3.05) is 27.2 Å². The lowest BCUT2D eigenvalue weighted by Gasteiger charge is -2.10. The van der Waals surface area contributed by atoms with E-state index in [0.717, 1.165) is 24.4 Å². The summed E-state index contributed by atoms with van der Waals surface area (Å²) in [5.41, 5.74) is 0.782. The average Bonchev–Trinajstić information content (AvgIpc) is 3.08. The Bertz CT molecular complexity index is 855. The SMILES string of the molecule is CN(C)S(=O)(=O)c1cn(CC2=NCCN2)c2cccc(Cl)c12. The van der Waals surface area contributed by atoms with E-state index in [1.807, 2.05) is 16.7 Å². The Labute approximate surface area is 134 Å².